The van der Waals surface area contributed by atoms with Crippen LogP contribution in [0.3, 0.4) is 0 Å². The normalized spacial score (nSPS) is 14.1. The maximum Gasteiger partial charge on any atom is 0.236 e. The van der Waals surface area contributed by atoms with Gasteiger partial charge < -0.3 is 9.88 Å². The Morgan fingerprint density at radius 2 is 2.20 bits per heavy atom. The number of thioether (sulfide) groups is 1. The van der Waals surface area contributed by atoms with E-state index in [1.54, 1.807) is 0 Å². The highest BCUT2D eigenvalue weighted by atomic mass is 32.2. The molecule has 0 bridgehead atoms. The van der Waals surface area contributed by atoms with Crippen LogP contribution in [0.1, 0.15) is 37.9 Å². The number of anilines is 1. The van der Waals surface area contributed by atoms with Crippen molar-refractivity contribution in [3.05, 3.63) is 30.1 Å². The average Bonchev–Trinajstić information content (AvgIpc) is 3.24. The summed E-state index contributed by atoms with van der Waals surface area (Å²) in [5.41, 5.74) is 0.909. The van der Waals surface area contributed by atoms with Crippen molar-refractivity contribution < 1.29 is 4.79 Å². The van der Waals surface area contributed by atoms with Crippen LogP contribution in [0.25, 0.3) is 10.2 Å². The fraction of sp³-hybridized carbons (Fsp3) is 0.412. The largest absolute Gasteiger partial charge is 0.306 e. The first-order valence-electron chi connectivity index (χ1n) is 8.46. The summed E-state index contributed by atoms with van der Waals surface area (Å²) in [5.74, 6) is 1.88. The number of hydrogen-bond acceptors (Lipinski definition) is 6. The number of thiazole rings is 1. The number of nitrogens with one attached hydrogen (secondary N) is 1. The van der Waals surface area contributed by atoms with Gasteiger partial charge in [-0.15, -0.1) is 10.2 Å². The molecular formula is C17H19N5OS2. The van der Waals surface area contributed by atoms with Crippen molar-refractivity contribution in [2.75, 3.05) is 11.1 Å². The molecule has 0 aliphatic heterocycles. The number of rotatable bonds is 7. The zero-order chi connectivity index (χ0) is 17.2. The van der Waals surface area contributed by atoms with E-state index in [0.29, 0.717) is 16.8 Å². The predicted octanol–water partition coefficient (Wildman–Crippen LogP) is 3.91. The second-order valence-corrected chi connectivity index (χ2v) is 8.06. The summed E-state index contributed by atoms with van der Waals surface area (Å²) in [6, 6.07) is 7.87. The van der Waals surface area contributed by atoms with Crippen molar-refractivity contribution in [3.63, 3.8) is 0 Å². The van der Waals surface area contributed by atoms with Gasteiger partial charge in [-0.3, -0.25) is 4.79 Å². The molecule has 0 unspecified atom stereocenters. The van der Waals surface area contributed by atoms with E-state index >= 15 is 0 Å². The predicted molar refractivity (Wildman–Crippen MR) is 101 cm³/mol. The maximum absolute atomic E-state index is 12.3. The maximum atomic E-state index is 12.3. The third-order valence-corrected chi connectivity index (χ3v) is 5.93. The van der Waals surface area contributed by atoms with Crippen LogP contribution in [-0.2, 0) is 11.3 Å². The molecule has 1 saturated carbocycles. The highest BCUT2D eigenvalue weighted by Gasteiger charge is 2.30. The molecule has 1 aliphatic rings. The van der Waals surface area contributed by atoms with Crippen LogP contribution >= 0.6 is 23.1 Å². The van der Waals surface area contributed by atoms with Crippen LogP contribution in [0.15, 0.2) is 29.4 Å². The molecule has 0 saturated heterocycles. The van der Waals surface area contributed by atoms with E-state index in [4.69, 9.17) is 0 Å². The zero-order valence-electron chi connectivity index (χ0n) is 13.9. The Balaban J connectivity index is 1.40. The fourth-order valence-electron chi connectivity index (χ4n) is 2.70. The lowest BCUT2D eigenvalue weighted by Crippen LogP contribution is -2.14. The topological polar surface area (TPSA) is 72.7 Å². The van der Waals surface area contributed by atoms with Crippen LogP contribution in [0, 0.1) is 0 Å². The lowest BCUT2D eigenvalue weighted by atomic mass is 10.3. The molecular weight excluding hydrogens is 354 g/mol. The lowest BCUT2D eigenvalue weighted by Gasteiger charge is -2.07. The van der Waals surface area contributed by atoms with Crippen LogP contribution < -0.4 is 5.32 Å². The number of amides is 1. The molecule has 2 aromatic heterocycles. The standard InChI is InChI=1S/C17H19N5OS2/c1-2-9-22-15(11-7-8-11)20-21-17(22)24-10-14(23)19-16-18-12-5-3-4-6-13(12)25-16/h3-6,11H,2,7-10H2,1H3,(H,18,19,23). The number of hydrogen-bond donors (Lipinski definition) is 1. The molecule has 0 spiro atoms. The number of nitrogens with zero attached hydrogens (tertiary/aromatic N) is 4. The molecule has 1 aromatic carbocycles. The first-order chi connectivity index (χ1) is 12.2. The van der Waals surface area contributed by atoms with Crippen LogP contribution in [0.2, 0.25) is 0 Å². The van der Waals surface area contributed by atoms with Gasteiger partial charge in [0, 0.05) is 12.5 Å². The van der Waals surface area contributed by atoms with E-state index in [0.717, 1.165) is 34.2 Å². The fourth-order valence-corrected chi connectivity index (χ4v) is 4.35. The summed E-state index contributed by atoms with van der Waals surface area (Å²) in [6.07, 6.45) is 3.43. The van der Waals surface area contributed by atoms with Crippen LogP contribution in [-0.4, -0.2) is 31.4 Å². The van der Waals surface area contributed by atoms with Crippen molar-refractivity contribution in [1.82, 2.24) is 19.7 Å². The minimum atomic E-state index is -0.0666. The quantitative estimate of drug-likeness (QED) is 0.636. The first kappa shape index (κ1) is 16.5. The molecule has 0 atom stereocenters. The van der Waals surface area contributed by atoms with Gasteiger partial charge in [0.1, 0.15) is 5.82 Å². The van der Waals surface area contributed by atoms with E-state index < -0.39 is 0 Å². The highest BCUT2D eigenvalue weighted by Crippen LogP contribution is 2.40. The number of fused-ring (bicyclic) bond motifs is 1. The molecule has 3 aromatic rings. The van der Waals surface area contributed by atoms with E-state index in [1.165, 1.54) is 35.9 Å². The first-order valence-corrected chi connectivity index (χ1v) is 10.3. The Kier molecular flexibility index (Phi) is 4.72. The number of benzene rings is 1. The van der Waals surface area contributed by atoms with E-state index in [-0.39, 0.29) is 5.91 Å². The third kappa shape index (κ3) is 3.69. The number of para-hydroxylation sites is 1. The Morgan fingerprint density at radius 3 is 2.96 bits per heavy atom. The van der Waals surface area contributed by atoms with E-state index in [9.17, 15) is 4.79 Å². The van der Waals surface area contributed by atoms with Gasteiger partial charge in [-0.05, 0) is 31.4 Å². The Labute approximate surface area is 154 Å². The van der Waals surface area contributed by atoms with Gasteiger partial charge in [0.15, 0.2) is 10.3 Å². The molecule has 2 heterocycles. The molecule has 1 fully saturated rings. The summed E-state index contributed by atoms with van der Waals surface area (Å²) in [6.45, 7) is 3.05. The van der Waals surface area contributed by atoms with Gasteiger partial charge in [-0.25, -0.2) is 4.98 Å². The van der Waals surface area contributed by atoms with Gasteiger partial charge in [-0.1, -0.05) is 42.2 Å². The summed E-state index contributed by atoms with van der Waals surface area (Å²) < 4.78 is 3.25. The smallest absolute Gasteiger partial charge is 0.236 e. The lowest BCUT2D eigenvalue weighted by molar-refractivity contribution is -0.113. The second-order valence-electron chi connectivity index (χ2n) is 6.09. The number of carbonyl (C=O) groups excluding carboxylic acids is 1. The average molecular weight is 374 g/mol. The van der Waals surface area contributed by atoms with Crippen molar-refractivity contribution in [2.24, 2.45) is 0 Å². The molecule has 25 heavy (non-hydrogen) atoms. The summed E-state index contributed by atoms with van der Waals surface area (Å²) >= 11 is 2.93. The Morgan fingerprint density at radius 1 is 1.36 bits per heavy atom. The zero-order valence-corrected chi connectivity index (χ0v) is 15.6. The van der Waals surface area contributed by atoms with Gasteiger partial charge in [0.05, 0.1) is 16.0 Å². The molecule has 1 aliphatic carbocycles. The number of carbonyl (C=O) groups is 1. The molecule has 0 radical (unpaired) electrons. The van der Waals surface area contributed by atoms with Crippen LogP contribution in [0.5, 0.6) is 0 Å². The second kappa shape index (κ2) is 7.13. The van der Waals surface area contributed by atoms with Gasteiger partial charge >= 0.3 is 0 Å². The van der Waals surface area contributed by atoms with Crippen molar-refractivity contribution in [2.45, 2.75) is 43.8 Å². The summed E-state index contributed by atoms with van der Waals surface area (Å²) in [7, 11) is 0. The van der Waals surface area contributed by atoms with E-state index in [2.05, 4.69) is 32.0 Å². The minimum absolute atomic E-state index is 0.0666. The SMILES string of the molecule is CCCn1c(SCC(=O)Nc2nc3ccccc3s2)nnc1C1CC1. The molecule has 130 valence electrons. The molecule has 1 N–H and O–H groups in total. The summed E-state index contributed by atoms with van der Waals surface area (Å²) in [4.78, 5) is 16.7. The minimum Gasteiger partial charge on any atom is -0.306 e. The molecule has 8 heteroatoms. The molecule has 1 amide bonds. The van der Waals surface area contributed by atoms with Crippen molar-refractivity contribution >= 4 is 44.4 Å². The van der Waals surface area contributed by atoms with Crippen LogP contribution in [0.4, 0.5) is 5.13 Å². The Bertz CT molecular complexity index is 866. The molecule has 6 nitrogen and oxygen atoms in total. The number of aromatic nitrogens is 4. The van der Waals surface area contributed by atoms with Crippen molar-refractivity contribution in [1.29, 1.82) is 0 Å². The third-order valence-electron chi connectivity index (χ3n) is 4.01. The van der Waals surface area contributed by atoms with E-state index in [1.807, 2.05) is 24.3 Å². The summed E-state index contributed by atoms with van der Waals surface area (Å²) in [5, 5.41) is 13.0. The highest BCUT2D eigenvalue weighted by molar-refractivity contribution is 7.99. The monoisotopic (exact) mass is 373 g/mol. The Hall–Kier alpha value is -1.93. The van der Waals surface area contributed by atoms with Gasteiger partial charge in [0.2, 0.25) is 5.91 Å². The van der Waals surface area contributed by atoms with Gasteiger partial charge in [0.25, 0.3) is 0 Å². The molecule has 4 rings (SSSR count). The van der Waals surface area contributed by atoms with Gasteiger partial charge in [-0.2, -0.15) is 0 Å². The van der Waals surface area contributed by atoms with Crippen molar-refractivity contribution in [3.8, 4) is 0 Å².